The Kier molecular flexibility index (Phi) is 10.2. The van der Waals surface area contributed by atoms with E-state index < -0.39 is 0 Å². The van der Waals surface area contributed by atoms with Crippen molar-refractivity contribution in [3.63, 3.8) is 0 Å². The van der Waals surface area contributed by atoms with Crippen molar-refractivity contribution < 1.29 is 4.79 Å². The Labute approximate surface area is 141 Å². The van der Waals surface area contributed by atoms with Crippen molar-refractivity contribution in [3.05, 3.63) is 0 Å². The molecule has 0 radical (unpaired) electrons. The maximum absolute atomic E-state index is 11.6. The summed E-state index contributed by atoms with van der Waals surface area (Å²) in [4.78, 5) is 13.6. The van der Waals surface area contributed by atoms with Gasteiger partial charge in [-0.15, -0.1) is 0 Å². The molecule has 0 rings (SSSR count). The summed E-state index contributed by atoms with van der Waals surface area (Å²) in [7, 11) is 7.50. The van der Waals surface area contributed by atoms with Crippen molar-refractivity contribution in [2.45, 2.75) is 58.0 Å². The van der Waals surface area contributed by atoms with Gasteiger partial charge in [0.1, 0.15) is 0 Å². The maximum atomic E-state index is 11.6. The maximum Gasteiger partial charge on any atom is 0.219 e. The van der Waals surface area contributed by atoms with E-state index in [1.807, 2.05) is 48.1 Å². The summed E-state index contributed by atoms with van der Waals surface area (Å²) in [5.74, 6) is 2.18. The first kappa shape index (κ1) is 20.9. The Hall–Kier alpha value is 0.870. The van der Waals surface area contributed by atoms with Gasteiger partial charge in [0.15, 0.2) is 0 Å². The van der Waals surface area contributed by atoms with E-state index in [0.717, 1.165) is 24.6 Å². The Morgan fingerprint density at radius 2 is 1.20 bits per heavy atom. The number of nitrogens with zero attached hydrogens (tertiary/aromatic N) is 1. The first-order chi connectivity index (χ1) is 9.01. The van der Waals surface area contributed by atoms with Crippen molar-refractivity contribution in [2.24, 2.45) is 0 Å². The molecule has 0 aromatic heterocycles. The fourth-order valence-corrected chi connectivity index (χ4v) is 5.69. The summed E-state index contributed by atoms with van der Waals surface area (Å²) < 4.78 is 0.565. The molecule has 6 heteroatoms. The van der Waals surface area contributed by atoms with E-state index in [9.17, 15) is 4.79 Å². The van der Waals surface area contributed by atoms with E-state index in [4.69, 9.17) is 0 Å². The van der Waals surface area contributed by atoms with Gasteiger partial charge < -0.3 is 4.90 Å². The molecular weight excluding hydrogens is 326 g/mol. The molecule has 0 unspecified atom stereocenters. The predicted octanol–water partition coefficient (Wildman–Crippen LogP) is 5.19. The SMILES string of the molecule is CC(=O)N(CCSSC(C)(C)C)CCSSC(C)(C)C. The molecule has 0 heterocycles. The molecule has 0 aromatic carbocycles. The molecule has 0 spiro atoms. The van der Waals surface area contributed by atoms with Gasteiger partial charge in [-0.2, -0.15) is 0 Å². The van der Waals surface area contributed by atoms with Crippen LogP contribution in [0.3, 0.4) is 0 Å². The lowest BCUT2D eigenvalue weighted by atomic mass is 10.3. The molecule has 0 aliphatic rings. The van der Waals surface area contributed by atoms with Crippen LogP contribution in [0.1, 0.15) is 48.5 Å². The third-order valence-electron chi connectivity index (χ3n) is 1.95. The lowest BCUT2D eigenvalue weighted by Gasteiger charge is -2.23. The highest BCUT2D eigenvalue weighted by Gasteiger charge is 2.14. The zero-order valence-corrected chi connectivity index (χ0v) is 17.1. The van der Waals surface area contributed by atoms with Crippen LogP contribution in [0, 0.1) is 0 Å². The number of hydrogen-bond acceptors (Lipinski definition) is 5. The van der Waals surface area contributed by atoms with Gasteiger partial charge in [-0.3, -0.25) is 4.79 Å². The van der Waals surface area contributed by atoms with Gasteiger partial charge in [0.25, 0.3) is 0 Å². The van der Waals surface area contributed by atoms with Gasteiger partial charge >= 0.3 is 0 Å². The molecule has 20 heavy (non-hydrogen) atoms. The number of rotatable bonds is 8. The lowest BCUT2D eigenvalue weighted by molar-refractivity contribution is -0.128. The second-order valence-corrected chi connectivity index (χ2v) is 13.0. The topological polar surface area (TPSA) is 20.3 Å². The largest absolute Gasteiger partial charge is 0.341 e. The first-order valence-electron chi connectivity index (χ1n) is 6.88. The zero-order chi connectivity index (χ0) is 15.8. The molecule has 1 amide bonds. The highest BCUT2D eigenvalue weighted by atomic mass is 33.1. The minimum Gasteiger partial charge on any atom is -0.341 e. The van der Waals surface area contributed by atoms with E-state index in [1.54, 1.807) is 6.92 Å². The fraction of sp³-hybridized carbons (Fsp3) is 0.929. The van der Waals surface area contributed by atoms with Crippen LogP contribution in [0.5, 0.6) is 0 Å². The second-order valence-electron chi connectivity index (χ2n) is 6.54. The van der Waals surface area contributed by atoms with Gasteiger partial charge in [-0.1, -0.05) is 84.7 Å². The average molecular weight is 356 g/mol. The molecule has 2 nitrogen and oxygen atoms in total. The molecule has 0 aliphatic heterocycles. The first-order valence-corrected chi connectivity index (χ1v) is 11.5. The van der Waals surface area contributed by atoms with Crippen LogP contribution in [-0.2, 0) is 4.79 Å². The molecule has 0 saturated carbocycles. The van der Waals surface area contributed by atoms with Crippen LogP contribution in [0.25, 0.3) is 0 Å². The second kappa shape index (κ2) is 9.80. The number of amides is 1. The van der Waals surface area contributed by atoms with Gasteiger partial charge in [0.05, 0.1) is 0 Å². The Morgan fingerprint density at radius 1 is 0.850 bits per heavy atom. The van der Waals surface area contributed by atoms with Gasteiger partial charge in [-0.05, 0) is 0 Å². The molecule has 0 N–H and O–H groups in total. The van der Waals surface area contributed by atoms with Crippen molar-refractivity contribution in [2.75, 3.05) is 24.6 Å². The monoisotopic (exact) mass is 355 g/mol. The van der Waals surface area contributed by atoms with Crippen LogP contribution in [-0.4, -0.2) is 44.9 Å². The molecule has 0 atom stereocenters. The smallest absolute Gasteiger partial charge is 0.219 e. The molecule has 0 fully saturated rings. The molecule has 120 valence electrons. The van der Waals surface area contributed by atoms with E-state index in [-0.39, 0.29) is 15.4 Å². The number of carbonyl (C=O) groups excluding carboxylic acids is 1. The van der Waals surface area contributed by atoms with E-state index >= 15 is 0 Å². The van der Waals surface area contributed by atoms with Crippen molar-refractivity contribution in [3.8, 4) is 0 Å². The van der Waals surface area contributed by atoms with Crippen LogP contribution < -0.4 is 0 Å². The number of hydrogen-bond donors (Lipinski definition) is 0. The third-order valence-corrected chi connectivity index (χ3v) is 8.59. The van der Waals surface area contributed by atoms with E-state index in [0.29, 0.717) is 0 Å². The van der Waals surface area contributed by atoms with Crippen LogP contribution in [0.2, 0.25) is 0 Å². The summed E-state index contributed by atoms with van der Waals surface area (Å²) >= 11 is 0. The summed E-state index contributed by atoms with van der Waals surface area (Å²) in [6, 6.07) is 0. The van der Waals surface area contributed by atoms with Gasteiger partial charge in [-0.25, -0.2) is 0 Å². The van der Waals surface area contributed by atoms with Crippen molar-refractivity contribution in [1.82, 2.24) is 4.90 Å². The van der Waals surface area contributed by atoms with Crippen molar-refractivity contribution in [1.29, 1.82) is 0 Å². The zero-order valence-electron chi connectivity index (χ0n) is 13.8. The van der Waals surface area contributed by atoms with Gasteiger partial charge in [0.2, 0.25) is 5.91 Å². The molecule has 0 bridgehead atoms. The number of carbonyl (C=O) groups is 1. The molecular formula is C14H29NOS4. The van der Waals surface area contributed by atoms with Crippen LogP contribution >= 0.6 is 43.2 Å². The normalized spacial score (nSPS) is 12.6. The molecule has 0 aromatic rings. The summed E-state index contributed by atoms with van der Waals surface area (Å²) in [6.07, 6.45) is 0. The Morgan fingerprint density at radius 3 is 1.45 bits per heavy atom. The summed E-state index contributed by atoms with van der Waals surface area (Å²) in [6.45, 7) is 16.7. The molecule has 0 saturated heterocycles. The van der Waals surface area contributed by atoms with Gasteiger partial charge in [0, 0.05) is 41.0 Å². The standard InChI is InChI=1S/C14H29NOS4/c1-12(16)15(8-10-17-19-13(2,3)4)9-11-18-20-14(5,6)7/h8-11H2,1-7H3. The van der Waals surface area contributed by atoms with E-state index in [1.165, 1.54) is 0 Å². The minimum atomic E-state index is 0.188. The highest BCUT2D eigenvalue weighted by Crippen LogP contribution is 2.35. The fourth-order valence-electron chi connectivity index (χ4n) is 1.16. The summed E-state index contributed by atoms with van der Waals surface area (Å²) in [5.41, 5.74) is 0. The highest BCUT2D eigenvalue weighted by molar-refractivity contribution is 8.77. The van der Waals surface area contributed by atoms with Crippen LogP contribution in [0.15, 0.2) is 0 Å². The lowest BCUT2D eigenvalue weighted by Crippen LogP contribution is -2.32. The Bertz CT molecular complexity index is 262. The average Bonchev–Trinajstić information content (AvgIpc) is 2.23. The van der Waals surface area contributed by atoms with E-state index in [2.05, 4.69) is 41.5 Å². The molecule has 0 aliphatic carbocycles. The third kappa shape index (κ3) is 13.8. The minimum absolute atomic E-state index is 0.188. The quantitative estimate of drug-likeness (QED) is 0.439. The predicted molar refractivity (Wildman–Crippen MR) is 102 cm³/mol. The Balaban J connectivity index is 3.86. The van der Waals surface area contributed by atoms with Crippen molar-refractivity contribution >= 4 is 49.1 Å². The van der Waals surface area contributed by atoms with Crippen LogP contribution in [0.4, 0.5) is 0 Å². The summed E-state index contributed by atoms with van der Waals surface area (Å²) in [5, 5.41) is 0.